The van der Waals surface area contributed by atoms with Crippen LogP contribution in [-0.2, 0) is 6.42 Å². The van der Waals surface area contributed by atoms with E-state index in [4.69, 9.17) is 17.3 Å². The maximum Gasteiger partial charge on any atom is 0.150 e. The molecule has 2 rings (SSSR count). The van der Waals surface area contributed by atoms with Crippen molar-refractivity contribution in [1.29, 1.82) is 0 Å². The van der Waals surface area contributed by atoms with Crippen molar-refractivity contribution in [2.75, 3.05) is 17.6 Å². The van der Waals surface area contributed by atoms with Gasteiger partial charge in [0.05, 0.1) is 5.01 Å². The maximum absolute atomic E-state index is 5.97. The Morgan fingerprint density at radius 1 is 1.44 bits per heavy atom. The molecule has 0 aliphatic carbocycles. The van der Waals surface area contributed by atoms with Crippen LogP contribution in [0.5, 0.6) is 0 Å². The van der Waals surface area contributed by atoms with E-state index >= 15 is 0 Å². The molecule has 0 saturated heterocycles. The molecule has 0 fully saturated rings. The van der Waals surface area contributed by atoms with Crippen LogP contribution in [0.15, 0.2) is 11.7 Å². The zero-order chi connectivity index (χ0) is 13.0. The number of halogens is 1. The molecule has 0 amide bonds. The van der Waals surface area contributed by atoms with Crippen molar-refractivity contribution in [3.05, 3.63) is 27.4 Å². The molecular formula is C11H14ClN5S. The lowest BCUT2D eigenvalue weighted by Gasteiger charge is -2.07. The van der Waals surface area contributed by atoms with Crippen molar-refractivity contribution in [3.63, 3.8) is 0 Å². The number of nitrogens with zero attached hydrogens (tertiary/aromatic N) is 3. The lowest BCUT2D eigenvalue weighted by Crippen LogP contribution is -2.06. The average Bonchev–Trinajstić information content (AvgIpc) is 2.76. The van der Waals surface area contributed by atoms with E-state index < -0.39 is 0 Å². The van der Waals surface area contributed by atoms with E-state index in [1.807, 2.05) is 6.92 Å². The summed E-state index contributed by atoms with van der Waals surface area (Å²) < 4.78 is 0. The monoisotopic (exact) mass is 283 g/mol. The Morgan fingerprint density at radius 3 is 3.00 bits per heavy atom. The molecule has 18 heavy (non-hydrogen) atoms. The largest absolute Gasteiger partial charge is 0.382 e. The van der Waals surface area contributed by atoms with Crippen molar-refractivity contribution in [2.24, 2.45) is 0 Å². The number of aryl methyl sites for hydroxylation is 2. The van der Waals surface area contributed by atoms with Gasteiger partial charge in [-0.15, -0.1) is 11.3 Å². The first-order chi connectivity index (χ1) is 8.66. The summed E-state index contributed by atoms with van der Waals surface area (Å²) in [4.78, 5) is 12.3. The van der Waals surface area contributed by atoms with E-state index in [1.54, 1.807) is 11.3 Å². The van der Waals surface area contributed by atoms with Crippen LogP contribution in [0.3, 0.4) is 0 Å². The molecule has 5 nitrogen and oxygen atoms in total. The van der Waals surface area contributed by atoms with E-state index in [0.29, 0.717) is 16.7 Å². The van der Waals surface area contributed by atoms with E-state index in [9.17, 15) is 0 Å². The molecule has 7 heteroatoms. The molecular weight excluding hydrogens is 270 g/mol. The number of nitrogen functional groups attached to an aromatic ring is 1. The lowest BCUT2D eigenvalue weighted by molar-refractivity contribution is 0.847. The smallest absolute Gasteiger partial charge is 0.150 e. The van der Waals surface area contributed by atoms with Gasteiger partial charge in [0.15, 0.2) is 0 Å². The average molecular weight is 284 g/mol. The Balaban J connectivity index is 1.80. The molecule has 0 aliphatic rings. The number of hydrogen-bond donors (Lipinski definition) is 2. The van der Waals surface area contributed by atoms with Crippen LogP contribution >= 0.6 is 22.9 Å². The summed E-state index contributed by atoms with van der Waals surface area (Å²) in [5.74, 6) is 0.879. The fourth-order valence-electron chi connectivity index (χ4n) is 1.47. The molecule has 96 valence electrons. The topological polar surface area (TPSA) is 76.7 Å². The van der Waals surface area contributed by atoms with Crippen LogP contribution in [0.25, 0.3) is 0 Å². The number of anilines is 2. The number of aromatic nitrogens is 3. The summed E-state index contributed by atoms with van der Waals surface area (Å²) in [5.41, 5.74) is 6.67. The molecule has 0 aliphatic heterocycles. The van der Waals surface area contributed by atoms with Gasteiger partial charge in [-0.2, -0.15) is 0 Å². The second-order valence-electron chi connectivity index (χ2n) is 3.83. The summed E-state index contributed by atoms with van der Waals surface area (Å²) in [6.07, 6.45) is 3.31. The van der Waals surface area contributed by atoms with Gasteiger partial charge in [-0.3, -0.25) is 0 Å². The second-order valence-corrected chi connectivity index (χ2v) is 5.16. The van der Waals surface area contributed by atoms with Crippen molar-refractivity contribution < 1.29 is 0 Å². The Morgan fingerprint density at radius 2 is 2.28 bits per heavy atom. The number of nitrogens with one attached hydrogen (secondary N) is 1. The second kappa shape index (κ2) is 5.97. The molecule has 0 atom stereocenters. The van der Waals surface area contributed by atoms with Crippen molar-refractivity contribution in [1.82, 2.24) is 15.0 Å². The molecule has 0 aromatic carbocycles. The van der Waals surface area contributed by atoms with Gasteiger partial charge in [0.25, 0.3) is 0 Å². The van der Waals surface area contributed by atoms with Gasteiger partial charge in [0.2, 0.25) is 0 Å². The summed E-state index contributed by atoms with van der Waals surface area (Å²) in [7, 11) is 0. The van der Waals surface area contributed by atoms with Crippen molar-refractivity contribution in [2.45, 2.75) is 19.8 Å². The summed E-state index contributed by atoms with van der Waals surface area (Å²) in [6.45, 7) is 2.77. The first-order valence-corrected chi connectivity index (χ1v) is 6.83. The predicted molar refractivity (Wildman–Crippen MR) is 75.1 cm³/mol. The highest BCUT2D eigenvalue weighted by atomic mass is 35.5. The van der Waals surface area contributed by atoms with Crippen LogP contribution in [0.2, 0.25) is 5.02 Å². The number of nitrogens with two attached hydrogens (primary N) is 1. The first kappa shape index (κ1) is 13.0. The highest BCUT2D eigenvalue weighted by molar-refractivity contribution is 7.09. The van der Waals surface area contributed by atoms with Crippen molar-refractivity contribution >= 4 is 34.6 Å². The Labute approximate surface area is 114 Å². The molecule has 0 saturated carbocycles. The first-order valence-electron chi connectivity index (χ1n) is 5.57. The lowest BCUT2D eigenvalue weighted by atomic mass is 10.3. The Bertz CT molecular complexity index is 528. The van der Waals surface area contributed by atoms with Crippen LogP contribution in [-0.4, -0.2) is 21.5 Å². The van der Waals surface area contributed by atoms with Gasteiger partial charge in [-0.1, -0.05) is 11.6 Å². The van der Waals surface area contributed by atoms with E-state index in [2.05, 4.69) is 25.6 Å². The minimum absolute atomic E-state index is 0.296. The van der Waals surface area contributed by atoms with E-state index in [1.165, 1.54) is 6.33 Å². The quantitative estimate of drug-likeness (QED) is 0.825. The van der Waals surface area contributed by atoms with Crippen LogP contribution < -0.4 is 11.1 Å². The molecule has 3 N–H and O–H groups in total. The molecule has 0 bridgehead atoms. The molecule has 2 aromatic rings. The summed E-state index contributed by atoms with van der Waals surface area (Å²) in [6, 6.07) is 0. The fraction of sp³-hybridized carbons (Fsp3) is 0.364. The fourth-order valence-corrected chi connectivity index (χ4v) is 2.45. The van der Waals surface area contributed by atoms with Gasteiger partial charge in [0.1, 0.15) is 23.0 Å². The third-order valence-electron chi connectivity index (χ3n) is 2.34. The highest BCUT2D eigenvalue weighted by Gasteiger charge is 2.05. The summed E-state index contributed by atoms with van der Waals surface area (Å²) >= 11 is 7.66. The number of rotatable bonds is 5. The SMILES string of the molecule is Cc1csc(CCCNc2ncnc(N)c2Cl)n1. The van der Waals surface area contributed by atoms with Gasteiger partial charge in [0, 0.05) is 24.0 Å². The Kier molecular flexibility index (Phi) is 4.33. The molecule has 0 radical (unpaired) electrons. The summed E-state index contributed by atoms with van der Waals surface area (Å²) in [5, 5.41) is 6.74. The minimum Gasteiger partial charge on any atom is -0.382 e. The van der Waals surface area contributed by atoms with Gasteiger partial charge < -0.3 is 11.1 Å². The van der Waals surface area contributed by atoms with Gasteiger partial charge in [-0.05, 0) is 13.3 Å². The normalized spacial score (nSPS) is 10.6. The van der Waals surface area contributed by atoms with Crippen molar-refractivity contribution in [3.8, 4) is 0 Å². The minimum atomic E-state index is 0.296. The standard InChI is InChI=1S/C11H14ClN5S/c1-7-5-18-8(17-7)3-2-4-14-11-9(12)10(13)15-6-16-11/h5-6H,2-4H2,1H3,(H3,13,14,15,16). The van der Waals surface area contributed by atoms with E-state index in [-0.39, 0.29) is 0 Å². The number of thiazole rings is 1. The van der Waals surface area contributed by atoms with Gasteiger partial charge in [-0.25, -0.2) is 15.0 Å². The van der Waals surface area contributed by atoms with E-state index in [0.717, 1.165) is 30.1 Å². The molecule has 2 aromatic heterocycles. The van der Waals surface area contributed by atoms with Crippen LogP contribution in [0, 0.1) is 6.92 Å². The Hall–Kier alpha value is -1.40. The molecule has 0 unspecified atom stereocenters. The highest BCUT2D eigenvalue weighted by Crippen LogP contribution is 2.23. The maximum atomic E-state index is 5.97. The van der Waals surface area contributed by atoms with Gasteiger partial charge >= 0.3 is 0 Å². The predicted octanol–water partition coefficient (Wildman–Crippen LogP) is 2.52. The molecule has 2 heterocycles. The zero-order valence-corrected chi connectivity index (χ0v) is 11.6. The van der Waals surface area contributed by atoms with Crippen LogP contribution in [0.4, 0.5) is 11.6 Å². The number of hydrogen-bond acceptors (Lipinski definition) is 6. The third kappa shape index (κ3) is 3.30. The zero-order valence-electron chi connectivity index (χ0n) is 9.98. The third-order valence-corrected chi connectivity index (χ3v) is 3.74. The molecule has 0 spiro atoms. The van der Waals surface area contributed by atoms with Crippen LogP contribution in [0.1, 0.15) is 17.1 Å².